The molecule has 6 nitrogen and oxygen atoms in total. The molecule has 2 N–H and O–H groups in total. The first-order valence-electron chi connectivity index (χ1n) is 12.7. The average Bonchev–Trinajstić information content (AvgIpc) is 3.45. The number of nitrogens with one attached hydrogen (secondary N) is 1. The van der Waals surface area contributed by atoms with E-state index in [4.69, 9.17) is 9.47 Å². The van der Waals surface area contributed by atoms with E-state index in [1.165, 1.54) is 36.4 Å². The minimum absolute atomic E-state index is 0.223. The van der Waals surface area contributed by atoms with E-state index in [2.05, 4.69) is 5.32 Å². The van der Waals surface area contributed by atoms with Gasteiger partial charge in [0.1, 0.15) is 25.1 Å². The lowest BCUT2D eigenvalue weighted by atomic mass is 9.98. The van der Waals surface area contributed by atoms with Crippen molar-refractivity contribution in [1.29, 1.82) is 0 Å². The molecule has 1 amide bonds. The van der Waals surface area contributed by atoms with Gasteiger partial charge in [0.05, 0.1) is 6.04 Å². The van der Waals surface area contributed by atoms with Gasteiger partial charge in [-0.1, -0.05) is 42.5 Å². The number of amides is 1. The number of carbonyl (C=O) groups excluding carboxylic acids is 1. The molecule has 5 rings (SSSR count). The van der Waals surface area contributed by atoms with Gasteiger partial charge in [-0.3, -0.25) is 4.79 Å². The SMILES string of the molecule is O=C(N[C@H](CN1CCCC1)[C@H](O)c1ccc2c(c1)OCCO2)C(F)(F)c1ccc(-c2ccc(F)cc2)cc1. The number of fused-ring (bicyclic) bond motifs is 1. The van der Waals surface area contributed by atoms with Crippen LogP contribution < -0.4 is 14.8 Å². The normalized spacial score (nSPS) is 17.2. The molecule has 200 valence electrons. The highest BCUT2D eigenvalue weighted by Crippen LogP contribution is 2.35. The highest BCUT2D eigenvalue weighted by Gasteiger charge is 2.43. The van der Waals surface area contributed by atoms with Crippen molar-refractivity contribution in [1.82, 2.24) is 10.2 Å². The van der Waals surface area contributed by atoms with Crippen LogP contribution in [-0.4, -0.2) is 54.8 Å². The third kappa shape index (κ3) is 5.63. The first-order valence-corrected chi connectivity index (χ1v) is 12.7. The molecule has 0 radical (unpaired) electrons. The summed E-state index contributed by atoms with van der Waals surface area (Å²) in [5.74, 6) is -4.71. The number of benzene rings is 3. The quantitative estimate of drug-likeness (QED) is 0.447. The van der Waals surface area contributed by atoms with Crippen LogP contribution in [0.25, 0.3) is 11.1 Å². The zero-order chi connectivity index (χ0) is 26.7. The summed E-state index contributed by atoms with van der Waals surface area (Å²) in [5.41, 5.74) is 1.24. The summed E-state index contributed by atoms with van der Waals surface area (Å²) in [6.45, 7) is 2.54. The molecule has 0 unspecified atom stereocenters. The number of likely N-dealkylation sites (tertiary alicyclic amines) is 1. The summed E-state index contributed by atoms with van der Waals surface area (Å²) >= 11 is 0. The van der Waals surface area contributed by atoms with Gasteiger partial charge >= 0.3 is 5.92 Å². The monoisotopic (exact) mass is 526 g/mol. The number of hydrogen-bond acceptors (Lipinski definition) is 5. The third-order valence-corrected chi connectivity index (χ3v) is 6.97. The van der Waals surface area contributed by atoms with E-state index in [0.29, 0.717) is 41.4 Å². The van der Waals surface area contributed by atoms with Gasteiger partial charge in [0.25, 0.3) is 5.91 Å². The number of nitrogens with zero attached hydrogens (tertiary/aromatic N) is 1. The number of aliphatic hydroxyl groups is 1. The predicted molar refractivity (Wildman–Crippen MR) is 136 cm³/mol. The molecule has 2 aliphatic rings. The van der Waals surface area contributed by atoms with Crippen molar-refractivity contribution in [3.8, 4) is 22.6 Å². The Hall–Kier alpha value is -3.56. The molecule has 38 heavy (non-hydrogen) atoms. The van der Waals surface area contributed by atoms with Crippen molar-refractivity contribution < 1.29 is 32.5 Å². The second-order valence-corrected chi connectivity index (χ2v) is 9.59. The predicted octanol–water partition coefficient (Wildman–Crippen LogP) is 4.67. The molecule has 1 fully saturated rings. The summed E-state index contributed by atoms with van der Waals surface area (Å²) in [6.07, 6.45) is 0.696. The molecule has 0 bridgehead atoms. The van der Waals surface area contributed by atoms with E-state index in [-0.39, 0.29) is 6.54 Å². The van der Waals surface area contributed by atoms with Crippen molar-refractivity contribution >= 4 is 5.91 Å². The number of ether oxygens (including phenoxy) is 2. The molecule has 9 heteroatoms. The molecule has 0 aliphatic carbocycles. The Morgan fingerprint density at radius 1 is 0.921 bits per heavy atom. The summed E-state index contributed by atoms with van der Waals surface area (Å²) in [4.78, 5) is 15.0. The number of halogens is 3. The van der Waals surface area contributed by atoms with Gasteiger partial charge in [-0.25, -0.2) is 4.39 Å². The van der Waals surface area contributed by atoms with Gasteiger partial charge in [-0.15, -0.1) is 0 Å². The molecule has 1 saturated heterocycles. The molecule has 2 heterocycles. The fourth-order valence-corrected chi connectivity index (χ4v) is 4.85. The standard InChI is InChI=1S/C29H29F3N2O4/c30-23-10-5-20(6-11-23)19-3-8-22(9-4-19)29(31,32)28(36)33-24(18-34-13-1-2-14-34)27(35)21-7-12-25-26(17-21)38-16-15-37-25/h3-12,17,24,27,35H,1-2,13-16,18H2,(H,33,36)/t24-,27-/m1/s1. The molecule has 0 spiro atoms. The summed E-state index contributed by atoms with van der Waals surface area (Å²) in [6, 6.07) is 14.9. The van der Waals surface area contributed by atoms with Crippen molar-refractivity contribution in [2.45, 2.75) is 30.9 Å². The number of rotatable bonds is 8. The van der Waals surface area contributed by atoms with Gasteiger partial charge in [0.15, 0.2) is 11.5 Å². The van der Waals surface area contributed by atoms with Crippen molar-refractivity contribution in [3.63, 3.8) is 0 Å². The molecule has 3 aromatic rings. The van der Waals surface area contributed by atoms with Crippen LogP contribution >= 0.6 is 0 Å². The van der Waals surface area contributed by atoms with E-state index < -0.39 is 35.4 Å². The van der Waals surface area contributed by atoms with Crippen LogP contribution in [0.5, 0.6) is 11.5 Å². The zero-order valence-corrected chi connectivity index (χ0v) is 20.7. The van der Waals surface area contributed by atoms with Gasteiger partial charge in [0.2, 0.25) is 0 Å². The molecule has 0 saturated carbocycles. The van der Waals surface area contributed by atoms with Crippen molar-refractivity contribution in [2.24, 2.45) is 0 Å². The van der Waals surface area contributed by atoms with Crippen LogP contribution in [0, 0.1) is 5.82 Å². The van der Waals surface area contributed by atoms with Gasteiger partial charge in [0, 0.05) is 12.1 Å². The first-order chi connectivity index (χ1) is 18.3. The largest absolute Gasteiger partial charge is 0.486 e. The van der Waals surface area contributed by atoms with Crippen molar-refractivity contribution in [2.75, 3.05) is 32.8 Å². The molecule has 2 atom stereocenters. The maximum absolute atomic E-state index is 15.3. The highest BCUT2D eigenvalue weighted by molar-refractivity contribution is 5.85. The third-order valence-electron chi connectivity index (χ3n) is 6.97. The van der Waals surface area contributed by atoms with Crippen LogP contribution in [-0.2, 0) is 10.7 Å². The fraction of sp³-hybridized carbons (Fsp3) is 0.345. The van der Waals surface area contributed by atoms with E-state index in [1.807, 2.05) is 4.90 Å². The fourth-order valence-electron chi connectivity index (χ4n) is 4.85. The Morgan fingerprint density at radius 3 is 2.18 bits per heavy atom. The Bertz CT molecular complexity index is 1260. The lowest BCUT2D eigenvalue weighted by Crippen LogP contribution is -2.50. The molecular weight excluding hydrogens is 497 g/mol. The second-order valence-electron chi connectivity index (χ2n) is 9.59. The summed E-state index contributed by atoms with van der Waals surface area (Å²) < 4.78 is 54.9. The maximum Gasteiger partial charge on any atom is 0.349 e. The molecule has 0 aromatic heterocycles. The zero-order valence-electron chi connectivity index (χ0n) is 20.7. The second kappa shape index (κ2) is 11.0. The topological polar surface area (TPSA) is 71.0 Å². The Balaban J connectivity index is 1.34. The Labute approximate surface area is 219 Å². The van der Waals surface area contributed by atoms with E-state index in [9.17, 15) is 14.3 Å². The van der Waals surface area contributed by atoms with Gasteiger partial charge in [-0.2, -0.15) is 8.78 Å². The van der Waals surface area contributed by atoms with E-state index >= 15 is 8.78 Å². The lowest BCUT2D eigenvalue weighted by Gasteiger charge is -2.30. The van der Waals surface area contributed by atoms with E-state index in [1.54, 1.807) is 30.3 Å². The number of alkyl halides is 2. The minimum atomic E-state index is -3.84. The van der Waals surface area contributed by atoms with Crippen LogP contribution in [0.4, 0.5) is 13.2 Å². The first kappa shape index (κ1) is 26.1. The van der Waals surface area contributed by atoms with Crippen molar-refractivity contribution in [3.05, 3.63) is 83.7 Å². The van der Waals surface area contributed by atoms with E-state index in [0.717, 1.165) is 25.9 Å². The van der Waals surface area contributed by atoms with Crippen LogP contribution in [0.1, 0.15) is 30.1 Å². The maximum atomic E-state index is 15.3. The number of hydrogen-bond donors (Lipinski definition) is 2. The van der Waals surface area contributed by atoms with Crippen LogP contribution in [0.2, 0.25) is 0 Å². The minimum Gasteiger partial charge on any atom is -0.486 e. The average molecular weight is 527 g/mol. The molecule has 2 aliphatic heterocycles. The van der Waals surface area contributed by atoms with Crippen LogP contribution in [0.3, 0.4) is 0 Å². The molecular formula is C29H29F3N2O4. The highest BCUT2D eigenvalue weighted by atomic mass is 19.3. The Kier molecular flexibility index (Phi) is 7.58. The van der Waals surface area contributed by atoms with Gasteiger partial charge < -0.3 is 24.8 Å². The lowest BCUT2D eigenvalue weighted by molar-refractivity contribution is -0.149. The number of aliphatic hydroxyl groups excluding tert-OH is 1. The molecule has 3 aromatic carbocycles. The Morgan fingerprint density at radius 2 is 1.53 bits per heavy atom. The van der Waals surface area contributed by atoms with Crippen LogP contribution in [0.15, 0.2) is 66.7 Å². The smallest absolute Gasteiger partial charge is 0.349 e. The van der Waals surface area contributed by atoms with Gasteiger partial charge in [-0.05, 0) is 66.9 Å². The summed E-state index contributed by atoms with van der Waals surface area (Å²) in [7, 11) is 0. The summed E-state index contributed by atoms with van der Waals surface area (Å²) in [5, 5.41) is 13.6. The number of carbonyl (C=O) groups is 1.